The number of hydrogen-bond acceptors (Lipinski definition) is 4. The minimum absolute atomic E-state index is 0.0265. The molecule has 0 saturated carbocycles. The third kappa shape index (κ3) is 5.08. The highest BCUT2D eigenvalue weighted by atomic mass is 32.1. The molecule has 31 heavy (non-hydrogen) atoms. The Labute approximate surface area is 186 Å². The Kier molecular flexibility index (Phi) is 6.58. The van der Waals surface area contributed by atoms with Crippen LogP contribution in [0.25, 0.3) is 5.69 Å². The van der Waals surface area contributed by atoms with Crippen molar-refractivity contribution in [3.05, 3.63) is 76.6 Å². The number of carbonyl (C=O) groups excluding carboxylic acids is 1. The first kappa shape index (κ1) is 21.4. The topological polar surface area (TPSA) is 55.1 Å². The van der Waals surface area contributed by atoms with Gasteiger partial charge >= 0.3 is 0 Å². The predicted molar refractivity (Wildman–Crippen MR) is 120 cm³/mol. The van der Waals surface area contributed by atoms with Crippen molar-refractivity contribution in [1.82, 2.24) is 24.6 Å². The van der Waals surface area contributed by atoms with Gasteiger partial charge in [0, 0.05) is 31.2 Å². The maximum absolute atomic E-state index is 13.7. The van der Waals surface area contributed by atoms with E-state index in [0.29, 0.717) is 23.5 Å². The second-order valence-corrected chi connectivity index (χ2v) is 8.32. The van der Waals surface area contributed by atoms with E-state index in [-0.39, 0.29) is 17.6 Å². The Balaban J connectivity index is 1.28. The number of aromatic nitrogens is 3. The quantitative estimate of drug-likeness (QED) is 0.593. The van der Waals surface area contributed by atoms with Crippen molar-refractivity contribution < 1.29 is 9.18 Å². The molecule has 1 amide bonds. The Morgan fingerprint density at radius 3 is 2.65 bits per heavy atom. The molecule has 162 valence electrons. The van der Waals surface area contributed by atoms with E-state index in [4.69, 9.17) is 12.2 Å². The third-order valence-electron chi connectivity index (χ3n) is 5.76. The van der Waals surface area contributed by atoms with Crippen LogP contribution in [0.5, 0.6) is 0 Å². The van der Waals surface area contributed by atoms with Crippen LogP contribution >= 0.6 is 12.2 Å². The Hall–Kier alpha value is -2.84. The van der Waals surface area contributed by atoms with Gasteiger partial charge in [0.25, 0.3) is 0 Å². The third-order valence-corrected chi connectivity index (χ3v) is 6.17. The Morgan fingerprint density at radius 1 is 1.19 bits per heavy atom. The zero-order valence-electron chi connectivity index (χ0n) is 17.5. The fourth-order valence-corrected chi connectivity index (χ4v) is 4.06. The van der Waals surface area contributed by atoms with E-state index in [1.54, 1.807) is 19.3 Å². The van der Waals surface area contributed by atoms with Gasteiger partial charge in [0.2, 0.25) is 10.7 Å². The van der Waals surface area contributed by atoms with Gasteiger partial charge in [-0.05, 0) is 61.3 Å². The first-order valence-corrected chi connectivity index (χ1v) is 10.9. The molecule has 8 heteroatoms. The van der Waals surface area contributed by atoms with Crippen molar-refractivity contribution in [2.24, 2.45) is 5.92 Å². The number of rotatable bonds is 6. The molecule has 1 fully saturated rings. The Morgan fingerprint density at radius 2 is 1.94 bits per heavy atom. The number of piperidine rings is 1. The van der Waals surface area contributed by atoms with E-state index < -0.39 is 0 Å². The zero-order chi connectivity index (χ0) is 21.8. The molecular formula is C23H26FN5OS. The van der Waals surface area contributed by atoms with Crippen LogP contribution in [0.3, 0.4) is 0 Å². The van der Waals surface area contributed by atoms with Crippen molar-refractivity contribution in [3.8, 4) is 5.69 Å². The number of benzene rings is 2. The molecule has 0 spiro atoms. The van der Waals surface area contributed by atoms with Crippen molar-refractivity contribution in [2.45, 2.75) is 33.0 Å². The minimum Gasteiger partial charge on any atom is -0.352 e. The number of aryl methyl sites for hydroxylation is 1. The number of para-hydroxylation sites is 1. The lowest BCUT2D eigenvalue weighted by Crippen LogP contribution is -2.41. The molecule has 0 bridgehead atoms. The number of nitrogens with one attached hydrogen (secondary N) is 1. The fourth-order valence-electron chi connectivity index (χ4n) is 3.81. The summed E-state index contributed by atoms with van der Waals surface area (Å²) in [4.78, 5) is 14.8. The normalized spacial score (nSPS) is 15.2. The SMILES string of the molecule is Cc1ccc(CNC(=O)C2CCN(Cn3ncn(-c4ccccc4)c3=S)CC2)cc1F. The van der Waals surface area contributed by atoms with Crippen LogP contribution in [0.1, 0.15) is 24.0 Å². The maximum atomic E-state index is 13.7. The predicted octanol–water partition coefficient (Wildman–Crippen LogP) is 3.84. The van der Waals surface area contributed by atoms with Crippen molar-refractivity contribution in [3.63, 3.8) is 0 Å². The fraction of sp³-hybridized carbons (Fsp3) is 0.348. The lowest BCUT2D eigenvalue weighted by Gasteiger charge is -2.30. The van der Waals surface area contributed by atoms with Crippen molar-refractivity contribution in [2.75, 3.05) is 13.1 Å². The smallest absolute Gasteiger partial charge is 0.223 e. The molecule has 3 aromatic rings. The van der Waals surface area contributed by atoms with Crippen LogP contribution in [0.15, 0.2) is 54.9 Å². The standard InChI is InChI=1S/C23H26FN5OS/c1-17-7-8-18(13-21(17)24)14-25-22(30)19-9-11-27(12-10-19)16-29-23(31)28(15-26-29)20-5-3-2-4-6-20/h2-8,13,15,19H,9-12,14,16H2,1H3,(H,25,30). The molecule has 0 unspecified atom stereocenters. The number of halogens is 1. The largest absolute Gasteiger partial charge is 0.352 e. The first-order chi connectivity index (χ1) is 15.0. The van der Waals surface area contributed by atoms with Crippen LogP contribution in [0, 0.1) is 23.4 Å². The van der Waals surface area contributed by atoms with Crippen molar-refractivity contribution in [1.29, 1.82) is 0 Å². The summed E-state index contributed by atoms with van der Waals surface area (Å²) in [5.74, 6) is -0.236. The zero-order valence-corrected chi connectivity index (χ0v) is 18.3. The van der Waals surface area contributed by atoms with E-state index in [1.165, 1.54) is 6.07 Å². The number of likely N-dealkylation sites (tertiary alicyclic amines) is 1. The molecule has 0 radical (unpaired) electrons. The summed E-state index contributed by atoms with van der Waals surface area (Å²) in [6.07, 6.45) is 3.30. The molecule has 4 rings (SSSR count). The average molecular weight is 440 g/mol. The molecule has 2 heterocycles. The number of hydrogen-bond donors (Lipinski definition) is 1. The lowest BCUT2D eigenvalue weighted by molar-refractivity contribution is -0.126. The van der Waals surface area contributed by atoms with Gasteiger partial charge in [-0.1, -0.05) is 30.3 Å². The summed E-state index contributed by atoms with van der Waals surface area (Å²) in [6.45, 7) is 4.29. The van der Waals surface area contributed by atoms with Crippen LogP contribution < -0.4 is 5.32 Å². The van der Waals surface area contributed by atoms with E-state index in [1.807, 2.05) is 45.6 Å². The van der Waals surface area contributed by atoms with Crippen LogP contribution in [-0.2, 0) is 18.0 Å². The Bertz CT molecular complexity index is 1100. The molecule has 2 aromatic carbocycles. The van der Waals surface area contributed by atoms with Crippen LogP contribution in [0.4, 0.5) is 4.39 Å². The molecule has 0 aliphatic carbocycles. The summed E-state index contributed by atoms with van der Waals surface area (Å²) in [6, 6.07) is 15.0. The highest BCUT2D eigenvalue weighted by molar-refractivity contribution is 7.71. The van der Waals surface area contributed by atoms with Gasteiger partial charge in [-0.2, -0.15) is 5.10 Å². The maximum Gasteiger partial charge on any atom is 0.223 e. The highest BCUT2D eigenvalue weighted by Crippen LogP contribution is 2.19. The lowest BCUT2D eigenvalue weighted by atomic mass is 9.96. The highest BCUT2D eigenvalue weighted by Gasteiger charge is 2.25. The molecule has 6 nitrogen and oxygen atoms in total. The summed E-state index contributed by atoms with van der Waals surface area (Å²) in [7, 11) is 0. The second kappa shape index (κ2) is 9.53. The van der Waals surface area contributed by atoms with E-state index >= 15 is 0 Å². The van der Waals surface area contributed by atoms with Gasteiger partial charge in [-0.3, -0.25) is 14.3 Å². The molecule has 1 N–H and O–H groups in total. The summed E-state index contributed by atoms with van der Waals surface area (Å²) < 4.78 is 18.0. The molecule has 1 aliphatic rings. The summed E-state index contributed by atoms with van der Waals surface area (Å²) in [5, 5.41) is 7.39. The van der Waals surface area contributed by atoms with E-state index in [2.05, 4.69) is 15.3 Å². The molecular weight excluding hydrogens is 413 g/mol. The van der Waals surface area contributed by atoms with Gasteiger partial charge in [-0.25, -0.2) is 9.07 Å². The van der Waals surface area contributed by atoms with Crippen LogP contribution in [0.2, 0.25) is 0 Å². The molecule has 1 aliphatic heterocycles. The average Bonchev–Trinajstić information content (AvgIpc) is 3.15. The van der Waals surface area contributed by atoms with E-state index in [9.17, 15) is 9.18 Å². The summed E-state index contributed by atoms with van der Waals surface area (Å²) in [5.41, 5.74) is 2.37. The molecule has 1 saturated heterocycles. The van der Waals surface area contributed by atoms with E-state index in [0.717, 1.165) is 37.2 Å². The first-order valence-electron chi connectivity index (χ1n) is 10.5. The second-order valence-electron chi connectivity index (χ2n) is 7.95. The molecule has 1 aromatic heterocycles. The van der Waals surface area contributed by atoms with Gasteiger partial charge in [0.15, 0.2) is 0 Å². The van der Waals surface area contributed by atoms with Gasteiger partial charge in [0.05, 0.1) is 6.67 Å². The van der Waals surface area contributed by atoms with Crippen LogP contribution in [-0.4, -0.2) is 38.2 Å². The number of nitrogens with zero attached hydrogens (tertiary/aromatic N) is 4. The summed E-state index contributed by atoms with van der Waals surface area (Å²) >= 11 is 5.58. The number of carbonyl (C=O) groups is 1. The number of amides is 1. The monoisotopic (exact) mass is 439 g/mol. The van der Waals surface area contributed by atoms with Gasteiger partial charge in [-0.15, -0.1) is 0 Å². The van der Waals surface area contributed by atoms with Gasteiger partial charge < -0.3 is 5.32 Å². The van der Waals surface area contributed by atoms with Gasteiger partial charge in [0.1, 0.15) is 12.1 Å². The van der Waals surface area contributed by atoms with Crippen molar-refractivity contribution >= 4 is 18.1 Å². The minimum atomic E-state index is -0.242. The molecule has 0 atom stereocenters.